The first kappa shape index (κ1) is 9.98. The second kappa shape index (κ2) is 4.31. The third-order valence-corrected chi connectivity index (χ3v) is 2.45. The summed E-state index contributed by atoms with van der Waals surface area (Å²) in [5.41, 5.74) is 2.08. The van der Waals surface area contributed by atoms with Gasteiger partial charge in [0, 0.05) is 32.4 Å². The molecule has 2 heterocycles. The SMILES string of the molecule is CNCCc1nc(-c2ccc[nH]2)cn1C. The van der Waals surface area contributed by atoms with Gasteiger partial charge in [-0.3, -0.25) is 0 Å². The summed E-state index contributed by atoms with van der Waals surface area (Å²) in [7, 11) is 3.99. The number of imidazole rings is 1. The minimum atomic E-state index is 0.952. The van der Waals surface area contributed by atoms with Gasteiger partial charge in [-0.1, -0.05) is 0 Å². The molecule has 2 rings (SSSR count). The van der Waals surface area contributed by atoms with E-state index in [1.165, 1.54) is 0 Å². The molecule has 2 N–H and O–H groups in total. The molecule has 4 nitrogen and oxygen atoms in total. The van der Waals surface area contributed by atoms with Crippen LogP contribution in [0.5, 0.6) is 0 Å². The van der Waals surface area contributed by atoms with Crippen molar-refractivity contribution in [3.8, 4) is 11.4 Å². The topological polar surface area (TPSA) is 45.6 Å². The number of aromatic nitrogens is 3. The molecule has 0 aliphatic carbocycles. The molecule has 0 aliphatic heterocycles. The summed E-state index contributed by atoms with van der Waals surface area (Å²) in [6.07, 6.45) is 4.92. The Balaban J connectivity index is 2.21. The van der Waals surface area contributed by atoms with Crippen LogP contribution in [0.3, 0.4) is 0 Å². The highest BCUT2D eigenvalue weighted by atomic mass is 15.1. The van der Waals surface area contributed by atoms with Gasteiger partial charge < -0.3 is 14.9 Å². The summed E-state index contributed by atoms with van der Waals surface area (Å²) in [6.45, 7) is 0.953. The van der Waals surface area contributed by atoms with Gasteiger partial charge in [-0.2, -0.15) is 0 Å². The van der Waals surface area contributed by atoms with Gasteiger partial charge in [-0.25, -0.2) is 4.98 Å². The van der Waals surface area contributed by atoms with Gasteiger partial charge in [0.05, 0.1) is 5.69 Å². The fourth-order valence-electron chi connectivity index (χ4n) is 1.59. The number of aromatic amines is 1. The summed E-state index contributed by atoms with van der Waals surface area (Å²) in [5, 5.41) is 3.13. The minimum absolute atomic E-state index is 0.952. The number of likely N-dealkylation sites (N-methyl/N-ethyl adjacent to an activating group) is 1. The molecule has 0 aliphatic rings. The smallest absolute Gasteiger partial charge is 0.110 e. The van der Waals surface area contributed by atoms with E-state index in [4.69, 9.17) is 0 Å². The van der Waals surface area contributed by atoms with Crippen LogP contribution in [-0.2, 0) is 13.5 Å². The van der Waals surface area contributed by atoms with Crippen molar-refractivity contribution < 1.29 is 0 Å². The highest BCUT2D eigenvalue weighted by Crippen LogP contribution is 2.15. The lowest BCUT2D eigenvalue weighted by molar-refractivity contribution is 0.718. The Kier molecular flexibility index (Phi) is 2.87. The Morgan fingerprint density at radius 3 is 3.07 bits per heavy atom. The van der Waals surface area contributed by atoms with E-state index < -0.39 is 0 Å². The van der Waals surface area contributed by atoms with E-state index in [-0.39, 0.29) is 0 Å². The van der Waals surface area contributed by atoms with E-state index in [1.807, 2.05) is 32.4 Å². The Morgan fingerprint density at radius 1 is 1.53 bits per heavy atom. The van der Waals surface area contributed by atoms with Gasteiger partial charge in [0.1, 0.15) is 11.5 Å². The first-order valence-electron chi connectivity index (χ1n) is 5.12. The van der Waals surface area contributed by atoms with Gasteiger partial charge in [0.15, 0.2) is 0 Å². The second-order valence-electron chi connectivity index (χ2n) is 3.59. The Labute approximate surface area is 89.3 Å². The van der Waals surface area contributed by atoms with Crippen molar-refractivity contribution in [2.75, 3.05) is 13.6 Å². The van der Waals surface area contributed by atoms with Crippen molar-refractivity contribution in [1.29, 1.82) is 0 Å². The fourth-order valence-corrected chi connectivity index (χ4v) is 1.59. The van der Waals surface area contributed by atoms with Crippen LogP contribution in [0.15, 0.2) is 24.5 Å². The third kappa shape index (κ3) is 2.10. The number of nitrogens with one attached hydrogen (secondary N) is 2. The number of hydrogen-bond acceptors (Lipinski definition) is 2. The molecule has 0 bridgehead atoms. The van der Waals surface area contributed by atoms with E-state index in [2.05, 4.69) is 26.0 Å². The Bertz CT molecular complexity index is 414. The molecule has 0 saturated carbocycles. The summed E-state index contributed by atoms with van der Waals surface area (Å²) in [5.74, 6) is 1.11. The summed E-state index contributed by atoms with van der Waals surface area (Å²) in [4.78, 5) is 7.74. The molecule has 0 radical (unpaired) electrons. The van der Waals surface area contributed by atoms with Gasteiger partial charge >= 0.3 is 0 Å². The lowest BCUT2D eigenvalue weighted by Crippen LogP contribution is -2.12. The van der Waals surface area contributed by atoms with Crippen molar-refractivity contribution in [2.45, 2.75) is 6.42 Å². The predicted octanol–water partition coefficient (Wildman–Crippen LogP) is 1.18. The van der Waals surface area contributed by atoms with E-state index in [1.54, 1.807) is 0 Å². The predicted molar refractivity (Wildman–Crippen MR) is 60.6 cm³/mol. The summed E-state index contributed by atoms with van der Waals surface area (Å²) < 4.78 is 2.08. The standard InChI is InChI=1S/C11H16N4/c1-12-7-5-11-14-10(8-15(11)2)9-4-3-6-13-9/h3-4,6,8,12-13H,5,7H2,1-2H3. The van der Waals surface area contributed by atoms with Crippen molar-refractivity contribution in [3.05, 3.63) is 30.4 Å². The van der Waals surface area contributed by atoms with Gasteiger partial charge in [-0.15, -0.1) is 0 Å². The number of aryl methyl sites for hydroxylation is 1. The summed E-state index contributed by atoms with van der Waals surface area (Å²) in [6, 6.07) is 4.02. The van der Waals surface area contributed by atoms with Crippen LogP contribution in [0.25, 0.3) is 11.4 Å². The van der Waals surface area contributed by atoms with Crippen LogP contribution >= 0.6 is 0 Å². The molecule has 2 aromatic rings. The average molecular weight is 204 g/mol. The highest BCUT2D eigenvalue weighted by molar-refractivity contribution is 5.53. The van der Waals surface area contributed by atoms with Crippen LogP contribution in [-0.4, -0.2) is 28.1 Å². The van der Waals surface area contributed by atoms with Crippen molar-refractivity contribution >= 4 is 0 Å². The molecule has 0 amide bonds. The fraction of sp³-hybridized carbons (Fsp3) is 0.364. The van der Waals surface area contributed by atoms with E-state index in [0.29, 0.717) is 0 Å². The minimum Gasteiger partial charge on any atom is -0.360 e. The molecular formula is C11H16N4. The number of H-pyrrole nitrogens is 1. The molecule has 0 unspecified atom stereocenters. The zero-order valence-corrected chi connectivity index (χ0v) is 9.12. The second-order valence-corrected chi connectivity index (χ2v) is 3.59. The molecule has 0 atom stereocenters. The zero-order valence-electron chi connectivity index (χ0n) is 9.12. The molecule has 4 heteroatoms. The lowest BCUT2D eigenvalue weighted by Gasteiger charge is -1.99. The number of nitrogens with zero attached hydrogens (tertiary/aromatic N) is 2. The van der Waals surface area contributed by atoms with Crippen LogP contribution in [0.4, 0.5) is 0 Å². The normalized spacial score (nSPS) is 10.8. The van der Waals surface area contributed by atoms with Crippen LogP contribution in [0.2, 0.25) is 0 Å². The Hall–Kier alpha value is -1.55. The maximum absolute atomic E-state index is 4.58. The maximum Gasteiger partial charge on any atom is 0.110 e. The first-order valence-corrected chi connectivity index (χ1v) is 5.12. The van der Waals surface area contributed by atoms with Crippen molar-refractivity contribution in [3.63, 3.8) is 0 Å². The van der Waals surface area contributed by atoms with E-state index in [0.717, 1.165) is 30.2 Å². The van der Waals surface area contributed by atoms with E-state index >= 15 is 0 Å². The summed E-state index contributed by atoms with van der Waals surface area (Å²) >= 11 is 0. The molecule has 0 saturated heterocycles. The number of rotatable bonds is 4. The highest BCUT2D eigenvalue weighted by Gasteiger charge is 2.06. The molecular weight excluding hydrogens is 188 g/mol. The number of hydrogen-bond donors (Lipinski definition) is 2. The van der Waals surface area contributed by atoms with Crippen LogP contribution in [0.1, 0.15) is 5.82 Å². The molecule has 15 heavy (non-hydrogen) atoms. The Morgan fingerprint density at radius 2 is 2.40 bits per heavy atom. The van der Waals surface area contributed by atoms with Gasteiger partial charge in [-0.05, 0) is 19.2 Å². The lowest BCUT2D eigenvalue weighted by atomic mass is 10.3. The molecule has 0 fully saturated rings. The molecule has 80 valence electrons. The monoisotopic (exact) mass is 204 g/mol. The molecule has 2 aromatic heterocycles. The quantitative estimate of drug-likeness (QED) is 0.785. The van der Waals surface area contributed by atoms with Gasteiger partial charge in [0.2, 0.25) is 0 Å². The van der Waals surface area contributed by atoms with Gasteiger partial charge in [0.25, 0.3) is 0 Å². The molecule has 0 aromatic carbocycles. The van der Waals surface area contributed by atoms with Crippen LogP contribution < -0.4 is 5.32 Å². The van der Waals surface area contributed by atoms with Crippen molar-refractivity contribution in [1.82, 2.24) is 19.9 Å². The van der Waals surface area contributed by atoms with Crippen molar-refractivity contribution in [2.24, 2.45) is 7.05 Å². The maximum atomic E-state index is 4.58. The van der Waals surface area contributed by atoms with E-state index in [9.17, 15) is 0 Å². The largest absolute Gasteiger partial charge is 0.360 e. The molecule has 0 spiro atoms. The zero-order chi connectivity index (χ0) is 10.7. The first-order chi connectivity index (χ1) is 7.31. The average Bonchev–Trinajstić information content (AvgIpc) is 2.83. The third-order valence-electron chi connectivity index (χ3n) is 2.45. The van der Waals surface area contributed by atoms with Crippen LogP contribution in [0, 0.1) is 0 Å².